The van der Waals surface area contributed by atoms with Crippen molar-refractivity contribution < 1.29 is 19.0 Å². The number of ether oxygens (including phenoxy) is 1. The van der Waals surface area contributed by atoms with Crippen LogP contribution in [0.1, 0.15) is 26.3 Å². The van der Waals surface area contributed by atoms with Gasteiger partial charge in [0.25, 0.3) is 0 Å². The fraction of sp³-hybridized carbons (Fsp3) is 0.562. The summed E-state index contributed by atoms with van der Waals surface area (Å²) < 4.78 is 18.7. The second-order valence-electron chi connectivity index (χ2n) is 6.19. The molecule has 0 bridgehead atoms. The maximum atomic E-state index is 13.2. The van der Waals surface area contributed by atoms with Crippen LogP contribution in [0.2, 0.25) is 0 Å². The molecule has 116 valence electrons. The van der Waals surface area contributed by atoms with E-state index in [0.717, 1.165) is 0 Å². The van der Waals surface area contributed by atoms with Crippen molar-refractivity contribution in [3.8, 4) is 5.75 Å². The van der Waals surface area contributed by atoms with E-state index in [4.69, 9.17) is 4.74 Å². The van der Waals surface area contributed by atoms with Gasteiger partial charge in [-0.25, -0.2) is 4.39 Å². The highest BCUT2D eigenvalue weighted by Gasteiger charge is 2.30. The Kier molecular flexibility index (Phi) is 4.52. The van der Waals surface area contributed by atoms with Crippen LogP contribution in [0, 0.1) is 17.7 Å². The van der Waals surface area contributed by atoms with Gasteiger partial charge in [0.15, 0.2) is 0 Å². The highest BCUT2D eigenvalue weighted by molar-refractivity contribution is 5.79. The first-order valence-electron chi connectivity index (χ1n) is 7.21. The lowest BCUT2D eigenvalue weighted by atomic mass is 9.91. The Morgan fingerprint density at radius 1 is 1.57 bits per heavy atom. The summed E-state index contributed by atoms with van der Waals surface area (Å²) in [5.41, 5.74) is -0.244. The van der Waals surface area contributed by atoms with Crippen molar-refractivity contribution in [3.05, 3.63) is 29.6 Å². The molecule has 2 rings (SSSR count). The molecule has 0 radical (unpaired) electrons. The standard InChI is InChI=1S/C16H22FNO3/c1-10(2)16(3,20)9-18-15(19)12-6-11-7-13(17)4-5-14(11)21-8-12/h4-5,7,10,12,20H,6,8-9H2,1-3H3,(H,18,19). The molecule has 5 heteroatoms. The molecule has 1 aliphatic heterocycles. The van der Waals surface area contributed by atoms with Crippen LogP contribution in [0.5, 0.6) is 5.75 Å². The Balaban J connectivity index is 1.96. The molecule has 1 heterocycles. The number of halogens is 1. The third kappa shape index (κ3) is 3.73. The topological polar surface area (TPSA) is 58.6 Å². The minimum atomic E-state index is -0.949. The Bertz CT molecular complexity index is 528. The van der Waals surface area contributed by atoms with Crippen LogP contribution < -0.4 is 10.1 Å². The first-order valence-corrected chi connectivity index (χ1v) is 7.21. The van der Waals surface area contributed by atoms with Crippen molar-refractivity contribution in [2.75, 3.05) is 13.2 Å². The summed E-state index contributed by atoms with van der Waals surface area (Å²) in [6, 6.07) is 4.33. The maximum absolute atomic E-state index is 13.2. The Morgan fingerprint density at radius 2 is 2.29 bits per heavy atom. The zero-order valence-corrected chi connectivity index (χ0v) is 12.6. The number of rotatable bonds is 4. The van der Waals surface area contributed by atoms with E-state index in [2.05, 4.69) is 5.32 Å². The van der Waals surface area contributed by atoms with Gasteiger partial charge in [0.2, 0.25) is 5.91 Å². The molecule has 1 aromatic carbocycles. The summed E-state index contributed by atoms with van der Waals surface area (Å²) in [6.07, 6.45) is 0.447. The van der Waals surface area contributed by atoms with Crippen molar-refractivity contribution in [3.63, 3.8) is 0 Å². The smallest absolute Gasteiger partial charge is 0.226 e. The summed E-state index contributed by atoms with van der Waals surface area (Å²) in [6.45, 7) is 5.95. The minimum Gasteiger partial charge on any atom is -0.492 e. The van der Waals surface area contributed by atoms with Crippen LogP contribution in [0.3, 0.4) is 0 Å². The molecule has 1 aromatic rings. The molecule has 0 aromatic heterocycles. The fourth-order valence-electron chi connectivity index (χ4n) is 2.15. The van der Waals surface area contributed by atoms with Crippen LogP contribution in [0.25, 0.3) is 0 Å². The predicted molar refractivity (Wildman–Crippen MR) is 77.6 cm³/mol. The van der Waals surface area contributed by atoms with Gasteiger partial charge in [-0.15, -0.1) is 0 Å². The molecule has 2 N–H and O–H groups in total. The van der Waals surface area contributed by atoms with Gasteiger partial charge in [0.05, 0.1) is 11.5 Å². The monoisotopic (exact) mass is 295 g/mol. The van der Waals surface area contributed by atoms with Crippen LogP contribution in [0.15, 0.2) is 18.2 Å². The summed E-state index contributed by atoms with van der Waals surface area (Å²) in [5, 5.41) is 12.9. The van der Waals surface area contributed by atoms with E-state index < -0.39 is 5.60 Å². The van der Waals surface area contributed by atoms with E-state index in [9.17, 15) is 14.3 Å². The molecule has 0 saturated carbocycles. The van der Waals surface area contributed by atoms with E-state index in [1.165, 1.54) is 12.1 Å². The zero-order chi connectivity index (χ0) is 15.6. The average Bonchev–Trinajstić information content (AvgIpc) is 2.43. The van der Waals surface area contributed by atoms with Crippen LogP contribution in [-0.2, 0) is 11.2 Å². The minimum absolute atomic E-state index is 0.0372. The van der Waals surface area contributed by atoms with Gasteiger partial charge in [0, 0.05) is 6.54 Å². The molecule has 1 aliphatic rings. The Morgan fingerprint density at radius 3 is 2.95 bits per heavy atom. The lowest BCUT2D eigenvalue weighted by Crippen LogP contribution is -2.47. The maximum Gasteiger partial charge on any atom is 0.226 e. The SMILES string of the molecule is CC(C)C(C)(O)CNC(=O)C1COc2ccc(F)cc2C1. The van der Waals surface area contributed by atoms with Crippen LogP contribution in [-0.4, -0.2) is 29.8 Å². The lowest BCUT2D eigenvalue weighted by molar-refractivity contribution is -0.127. The highest BCUT2D eigenvalue weighted by Crippen LogP contribution is 2.28. The predicted octanol–water partition coefficient (Wildman–Crippen LogP) is 1.90. The van der Waals surface area contributed by atoms with Gasteiger partial charge >= 0.3 is 0 Å². The highest BCUT2D eigenvalue weighted by atomic mass is 19.1. The summed E-state index contributed by atoms with van der Waals surface area (Å²) in [7, 11) is 0. The normalized spacial score (nSPS) is 20.4. The number of hydrogen-bond acceptors (Lipinski definition) is 3. The third-order valence-electron chi connectivity index (χ3n) is 4.16. The largest absolute Gasteiger partial charge is 0.492 e. The lowest BCUT2D eigenvalue weighted by Gasteiger charge is -2.30. The summed E-state index contributed by atoms with van der Waals surface area (Å²) in [5.74, 6) is -0.195. The molecule has 2 unspecified atom stereocenters. The van der Waals surface area contributed by atoms with Gasteiger partial charge in [0.1, 0.15) is 18.2 Å². The number of amides is 1. The number of hydrogen-bond donors (Lipinski definition) is 2. The van der Waals surface area contributed by atoms with Crippen LogP contribution >= 0.6 is 0 Å². The van der Waals surface area contributed by atoms with Crippen molar-refractivity contribution in [2.24, 2.45) is 11.8 Å². The molecule has 2 atom stereocenters. The van der Waals surface area contributed by atoms with Gasteiger partial charge in [-0.2, -0.15) is 0 Å². The summed E-state index contributed by atoms with van der Waals surface area (Å²) >= 11 is 0. The van der Waals surface area contributed by atoms with E-state index in [0.29, 0.717) is 17.7 Å². The molecule has 21 heavy (non-hydrogen) atoms. The number of aliphatic hydroxyl groups is 1. The molecule has 0 saturated heterocycles. The second kappa shape index (κ2) is 6.02. The molecule has 4 nitrogen and oxygen atoms in total. The second-order valence-corrected chi connectivity index (χ2v) is 6.19. The summed E-state index contributed by atoms with van der Waals surface area (Å²) in [4.78, 5) is 12.2. The number of fused-ring (bicyclic) bond motifs is 1. The molecular formula is C16H22FNO3. The van der Waals surface area contributed by atoms with Gasteiger partial charge in [-0.3, -0.25) is 4.79 Å². The van der Waals surface area contributed by atoms with Gasteiger partial charge in [-0.05, 0) is 43.0 Å². The molecule has 0 fully saturated rings. The molecular weight excluding hydrogens is 273 g/mol. The Labute approximate surface area is 124 Å². The van der Waals surface area contributed by atoms with E-state index in [-0.39, 0.29) is 36.7 Å². The number of carbonyl (C=O) groups excluding carboxylic acids is 1. The molecule has 0 aliphatic carbocycles. The molecule has 1 amide bonds. The van der Waals surface area contributed by atoms with E-state index in [1.807, 2.05) is 13.8 Å². The number of benzene rings is 1. The van der Waals surface area contributed by atoms with Crippen LogP contribution in [0.4, 0.5) is 4.39 Å². The first-order chi connectivity index (χ1) is 9.79. The average molecular weight is 295 g/mol. The number of carbonyl (C=O) groups is 1. The third-order valence-corrected chi connectivity index (χ3v) is 4.16. The molecule has 0 spiro atoms. The van der Waals surface area contributed by atoms with Gasteiger partial charge < -0.3 is 15.2 Å². The number of nitrogens with one attached hydrogen (secondary N) is 1. The van der Waals surface area contributed by atoms with Crippen molar-refractivity contribution in [1.82, 2.24) is 5.32 Å². The Hall–Kier alpha value is -1.62. The van der Waals surface area contributed by atoms with E-state index in [1.54, 1.807) is 13.0 Å². The van der Waals surface area contributed by atoms with Gasteiger partial charge in [-0.1, -0.05) is 13.8 Å². The quantitative estimate of drug-likeness (QED) is 0.892. The van der Waals surface area contributed by atoms with Crippen molar-refractivity contribution in [2.45, 2.75) is 32.8 Å². The zero-order valence-electron chi connectivity index (χ0n) is 12.6. The van der Waals surface area contributed by atoms with Crippen molar-refractivity contribution in [1.29, 1.82) is 0 Å². The first kappa shape index (κ1) is 15.8. The van der Waals surface area contributed by atoms with Crippen molar-refractivity contribution >= 4 is 5.91 Å². The van der Waals surface area contributed by atoms with E-state index >= 15 is 0 Å². The fourth-order valence-corrected chi connectivity index (χ4v) is 2.15.